The van der Waals surface area contributed by atoms with E-state index in [-0.39, 0.29) is 5.91 Å². The van der Waals surface area contributed by atoms with Gasteiger partial charge in [0, 0.05) is 11.3 Å². The maximum Gasteiger partial charge on any atom is 0.271 e. The largest absolute Gasteiger partial charge is 0.271 e. The Labute approximate surface area is 125 Å². The van der Waals surface area contributed by atoms with Crippen LogP contribution in [0.2, 0.25) is 0 Å². The second-order valence-electron chi connectivity index (χ2n) is 6.77. The second-order valence-corrected chi connectivity index (χ2v) is 6.77. The maximum atomic E-state index is 13.1. The van der Waals surface area contributed by atoms with E-state index in [4.69, 9.17) is 0 Å². The highest BCUT2D eigenvalue weighted by molar-refractivity contribution is 5.95. The van der Waals surface area contributed by atoms with Gasteiger partial charge in [0.2, 0.25) is 0 Å². The number of hydrogen-bond donors (Lipinski definition) is 1. The van der Waals surface area contributed by atoms with E-state index in [1.54, 1.807) is 6.07 Å². The smallest absolute Gasteiger partial charge is 0.267 e. The molecule has 1 amide bonds. The van der Waals surface area contributed by atoms with Gasteiger partial charge in [-0.15, -0.1) is 0 Å². The first-order chi connectivity index (χ1) is 9.86. The van der Waals surface area contributed by atoms with E-state index in [1.165, 1.54) is 18.2 Å². The van der Waals surface area contributed by atoms with E-state index >= 15 is 0 Å². The van der Waals surface area contributed by atoms with Gasteiger partial charge in [0.05, 0.1) is 0 Å². The van der Waals surface area contributed by atoms with E-state index in [0.29, 0.717) is 16.9 Å². The maximum absolute atomic E-state index is 13.1. The van der Waals surface area contributed by atoms with Crippen molar-refractivity contribution in [3.05, 3.63) is 35.6 Å². The third-order valence-corrected chi connectivity index (χ3v) is 4.19. The minimum Gasteiger partial charge on any atom is -0.267 e. The molecule has 0 heterocycles. The predicted molar refractivity (Wildman–Crippen MR) is 82.7 cm³/mol. The summed E-state index contributed by atoms with van der Waals surface area (Å²) < 4.78 is 13.1. The molecule has 1 aromatic carbocycles. The van der Waals surface area contributed by atoms with Crippen LogP contribution < -0.4 is 5.43 Å². The van der Waals surface area contributed by atoms with Crippen LogP contribution in [0.3, 0.4) is 0 Å². The average molecular weight is 290 g/mol. The fourth-order valence-corrected chi connectivity index (χ4v) is 2.75. The van der Waals surface area contributed by atoms with Crippen molar-refractivity contribution in [3.63, 3.8) is 0 Å². The third-order valence-electron chi connectivity index (χ3n) is 4.19. The van der Waals surface area contributed by atoms with Crippen molar-refractivity contribution in [2.75, 3.05) is 0 Å². The fraction of sp³-hybridized carbons (Fsp3) is 0.529. The molecule has 21 heavy (non-hydrogen) atoms. The number of amides is 1. The number of benzene rings is 1. The van der Waals surface area contributed by atoms with Crippen molar-refractivity contribution in [2.45, 2.75) is 46.5 Å². The highest BCUT2D eigenvalue weighted by Crippen LogP contribution is 2.36. The number of nitrogens with zero attached hydrogens (tertiary/aromatic N) is 1. The second kappa shape index (κ2) is 6.37. The van der Waals surface area contributed by atoms with Crippen LogP contribution in [0.5, 0.6) is 0 Å². The predicted octanol–water partition coefficient (Wildman–Crippen LogP) is 4.15. The minimum atomic E-state index is -0.416. The van der Waals surface area contributed by atoms with Gasteiger partial charge in [0.1, 0.15) is 5.82 Å². The van der Waals surface area contributed by atoms with Gasteiger partial charge in [-0.05, 0) is 55.2 Å². The van der Waals surface area contributed by atoms with Crippen LogP contribution in [-0.2, 0) is 0 Å². The van der Waals surface area contributed by atoms with Crippen LogP contribution >= 0.6 is 0 Å². The summed E-state index contributed by atoms with van der Waals surface area (Å²) in [5.74, 6) is -0.0729. The van der Waals surface area contributed by atoms with Crippen molar-refractivity contribution in [1.29, 1.82) is 0 Å². The van der Waals surface area contributed by atoms with Gasteiger partial charge in [-0.2, -0.15) is 5.10 Å². The van der Waals surface area contributed by atoms with Gasteiger partial charge < -0.3 is 0 Å². The number of carbonyl (C=O) groups excluding carboxylic acids is 1. The van der Waals surface area contributed by atoms with E-state index < -0.39 is 5.82 Å². The number of carbonyl (C=O) groups is 1. The summed E-state index contributed by atoms with van der Waals surface area (Å²) in [6, 6.07) is 5.63. The highest BCUT2D eigenvalue weighted by Gasteiger charge is 2.28. The summed E-state index contributed by atoms with van der Waals surface area (Å²) in [5.41, 5.74) is 4.18. The van der Waals surface area contributed by atoms with Crippen LogP contribution in [0, 0.1) is 17.2 Å². The van der Waals surface area contributed by atoms with Gasteiger partial charge in [-0.25, -0.2) is 9.82 Å². The fourth-order valence-electron chi connectivity index (χ4n) is 2.75. The summed E-state index contributed by atoms with van der Waals surface area (Å²) in [4.78, 5) is 11.9. The quantitative estimate of drug-likeness (QED) is 0.817. The Hall–Kier alpha value is -1.71. The lowest BCUT2D eigenvalue weighted by atomic mass is 9.72. The molecule has 1 aliphatic rings. The van der Waals surface area contributed by atoms with Crippen LogP contribution in [-0.4, -0.2) is 11.6 Å². The Bertz CT molecular complexity index is 536. The summed E-state index contributed by atoms with van der Waals surface area (Å²) in [7, 11) is 0. The first-order valence-electron chi connectivity index (χ1n) is 7.47. The molecule has 0 aromatic heterocycles. The SMILES string of the molecule is CC(C)(C)C1CCC(=NNC(=O)c2cccc(F)c2)CC1. The first-order valence-corrected chi connectivity index (χ1v) is 7.47. The van der Waals surface area contributed by atoms with E-state index in [9.17, 15) is 9.18 Å². The lowest BCUT2D eigenvalue weighted by Gasteiger charge is -2.34. The zero-order chi connectivity index (χ0) is 15.5. The highest BCUT2D eigenvalue weighted by atomic mass is 19.1. The molecular weight excluding hydrogens is 267 g/mol. The standard InChI is InChI=1S/C17H23FN2O/c1-17(2,3)13-7-9-15(10-8-13)19-20-16(21)12-5-4-6-14(18)11-12/h4-6,11,13H,7-10H2,1-3H3,(H,20,21). The third kappa shape index (κ3) is 4.38. The number of halogens is 1. The minimum absolute atomic E-state index is 0.294. The number of rotatable bonds is 2. The first kappa shape index (κ1) is 15.7. The lowest BCUT2D eigenvalue weighted by Crippen LogP contribution is -2.27. The zero-order valence-corrected chi connectivity index (χ0v) is 12.9. The van der Waals surface area contributed by atoms with Gasteiger partial charge >= 0.3 is 0 Å². The summed E-state index contributed by atoms with van der Waals surface area (Å²) in [6.45, 7) is 6.81. The Balaban J connectivity index is 1.90. The topological polar surface area (TPSA) is 41.5 Å². The van der Waals surface area contributed by atoms with Gasteiger partial charge in [0.25, 0.3) is 5.91 Å². The van der Waals surface area contributed by atoms with Gasteiger partial charge in [0.15, 0.2) is 0 Å². The molecule has 0 spiro atoms. The molecule has 1 aromatic rings. The zero-order valence-electron chi connectivity index (χ0n) is 12.9. The van der Waals surface area contributed by atoms with E-state index in [1.807, 2.05) is 0 Å². The number of hydrogen-bond acceptors (Lipinski definition) is 2. The van der Waals surface area contributed by atoms with E-state index in [0.717, 1.165) is 31.4 Å². The molecule has 3 nitrogen and oxygen atoms in total. The summed E-state index contributed by atoms with van der Waals surface area (Å²) in [6.07, 6.45) is 4.06. The molecule has 4 heteroatoms. The average Bonchev–Trinajstić information content (AvgIpc) is 2.44. The Morgan fingerprint density at radius 3 is 2.52 bits per heavy atom. The normalized spacial score (nSPS) is 19.2. The molecule has 1 N–H and O–H groups in total. The molecule has 2 rings (SSSR count). The molecule has 0 radical (unpaired) electrons. The molecule has 0 aliphatic heterocycles. The van der Waals surface area contributed by atoms with Crippen molar-refractivity contribution < 1.29 is 9.18 Å². The van der Waals surface area contributed by atoms with Crippen LogP contribution in [0.1, 0.15) is 56.8 Å². The van der Waals surface area contributed by atoms with Crippen LogP contribution in [0.15, 0.2) is 29.4 Å². The molecular formula is C17H23FN2O. The molecule has 1 saturated carbocycles. The van der Waals surface area contributed by atoms with Gasteiger partial charge in [-0.1, -0.05) is 26.8 Å². The Morgan fingerprint density at radius 2 is 1.95 bits per heavy atom. The molecule has 0 atom stereocenters. The van der Waals surface area contributed by atoms with Crippen LogP contribution in [0.25, 0.3) is 0 Å². The van der Waals surface area contributed by atoms with E-state index in [2.05, 4.69) is 31.3 Å². The van der Waals surface area contributed by atoms with Crippen molar-refractivity contribution in [2.24, 2.45) is 16.4 Å². The lowest BCUT2D eigenvalue weighted by molar-refractivity contribution is 0.0953. The molecule has 0 bridgehead atoms. The molecule has 1 aliphatic carbocycles. The Morgan fingerprint density at radius 1 is 1.29 bits per heavy atom. The number of nitrogens with one attached hydrogen (secondary N) is 1. The Kier molecular flexibility index (Phi) is 4.76. The summed E-state index contributed by atoms with van der Waals surface area (Å²) >= 11 is 0. The van der Waals surface area contributed by atoms with Crippen molar-refractivity contribution in [1.82, 2.24) is 5.43 Å². The molecule has 1 fully saturated rings. The van der Waals surface area contributed by atoms with Crippen molar-refractivity contribution >= 4 is 11.6 Å². The summed E-state index contributed by atoms with van der Waals surface area (Å²) in [5, 5.41) is 4.20. The van der Waals surface area contributed by atoms with Crippen molar-refractivity contribution in [3.8, 4) is 0 Å². The number of hydrazone groups is 1. The van der Waals surface area contributed by atoms with Gasteiger partial charge in [-0.3, -0.25) is 4.79 Å². The monoisotopic (exact) mass is 290 g/mol. The molecule has 0 unspecified atom stereocenters. The van der Waals surface area contributed by atoms with Crippen LogP contribution in [0.4, 0.5) is 4.39 Å². The molecule has 0 saturated heterocycles. The molecule has 114 valence electrons.